The fraction of sp³-hybridized carbons (Fsp3) is 0.550. The Morgan fingerprint density at radius 3 is 2.70 bits per heavy atom. The van der Waals surface area contributed by atoms with Crippen LogP contribution in [-0.2, 0) is 0 Å². The molecule has 0 atom stereocenters. The predicted octanol–water partition coefficient (Wildman–Crippen LogP) is 4.71. The summed E-state index contributed by atoms with van der Waals surface area (Å²) in [5.41, 5.74) is 4.00. The second kappa shape index (κ2) is 5.70. The molecule has 1 saturated heterocycles. The highest BCUT2D eigenvalue weighted by Gasteiger charge is 2.39. The lowest BCUT2D eigenvalue weighted by atomic mass is 9.66. The number of pyridine rings is 1. The Hall–Kier alpha value is -1.77. The van der Waals surface area contributed by atoms with Gasteiger partial charge in [0.15, 0.2) is 0 Å². The van der Waals surface area contributed by atoms with E-state index in [2.05, 4.69) is 30.0 Å². The van der Waals surface area contributed by atoms with Gasteiger partial charge < -0.3 is 9.64 Å². The van der Waals surface area contributed by atoms with Crippen molar-refractivity contribution in [3.05, 3.63) is 30.0 Å². The van der Waals surface area contributed by atoms with Crippen LogP contribution in [0.15, 0.2) is 24.3 Å². The first-order valence-electron chi connectivity index (χ1n) is 8.90. The molecule has 2 aliphatic rings. The van der Waals surface area contributed by atoms with Gasteiger partial charge in [-0.2, -0.15) is 0 Å². The number of benzene rings is 1. The lowest BCUT2D eigenvalue weighted by Gasteiger charge is -2.44. The third kappa shape index (κ3) is 2.56. The largest absolute Gasteiger partial charge is 0.494 e. The Morgan fingerprint density at radius 2 is 1.96 bits per heavy atom. The number of hydrogen-bond acceptors (Lipinski definition) is 3. The standard InChI is InChI=1S/C20H26N2O/c1-15-13-17(16-7-5-8-18(23-2)19(16)21-15)22-12-4-3-9-20(14-22)10-6-11-20/h5,7-8,13H,3-4,6,9-12,14H2,1-2H3. The summed E-state index contributed by atoms with van der Waals surface area (Å²) >= 11 is 0. The fourth-order valence-electron chi connectivity index (χ4n) is 4.41. The molecule has 3 nitrogen and oxygen atoms in total. The Morgan fingerprint density at radius 1 is 1.13 bits per heavy atom. The van der Waals surface area contributed by atoms with Crippen LogP contribution in [0.5, 0.6) is 5.75 Å². The molecule has 1 saturated carbocycles. The van der Waals surface area contributed by atoms with Crippen LogP contribution >= 0.6 is 0 Å². The van der Waals surface area contributed by atoms with Gasteiger partial charge in [-0.15, -0.1) is 0 Å². The second-order valence-electron chi connectivity index (χ2n) is 7.37. The molecule has 23 heavy (non-hydrogen) atoms. The number of methoxy groups -OCH3 is 1. The van der Waals surface area contributed by atoms with E-state index in [0.717, 1.165) is 23.5 Å². The zero-order valence-electron chi connectivity index (χ0n) is 14.3. The van der Waals surface area contributed by atoms with E-state index in [9.17, 15) is 0 Å². The van der Waals surface area contributed by atoms with Crippen LogP contribution < -0.4 is 9.64 Å². The predicted molar refractivity (Wildman–Crippen MR) is 95.4 cm³/mol. The molecule has 2 fully saturated rings. The molecule has 122 valence electrons. The number of ether oxygens (including phenoxy) is 1. The Balaban J connectivity index is 1.81. The molecule has 1 aromatic heterocycles. The van der Waals surface area contributed by atoms with Crippen molar-refractivity contribution in [3.63, 3.8) is 0 Å². The summed E-state index contributed by atoms with van der Waals surface area (Å²) in [5.74, 6) is 0.876. The Kier molecular flexibility index (Phi) is 3.67. The number of nitrogens with zero attached hydrogens (tertiary/aromatic N) is 2. The molecule has 4 rings (SSSR count). The van der Waals surface area contributed by atoms with Gasteiger partial charge in [-0.3, -0.25) is 0 Å². The molecule has 3 heteroatoms. The fourth-order valence-corrected chi connectivity index (χ4v) is 4.41. The van der Waals surface area contributed by atoms with E-state index in [1.165, 1.54) is 56.1 Å². The normalized spacial score (nSPS) is 20.3. The number of anilines is 1. The second-order valence-corrected chi connectivity index (χ2v) is 7.37. The summed E-state index contributed by atoms with van der Waals surface area (Å²) in [7, 11) is 1.73. The van der Waals surface area contributed by atoms with Crippen molar-refractivity contribution in [1.82, 2.24) is 4.98 Å². The zero-order valence-corrected chi connectivity index (χ0v) is 14.3. The first-order valence-corrected chi connectivity index (χ1v) is 8.90. The quantitative estimate of drug-likeness (QED) is 0.803. The Bertz CT molecular complexity index is 721. The molecule has 1 spiro atoms. The van der Waals surface area contributed by atoms with Crippen molar-refractivity contribution in [3.8, 4) is 5.75 Å². The van der Waals surface area contributed by atoms with Crippen molar-refractivity contribution < 1.29 is 4.74 Å². The van der Waals surface area contributed by atoms with Crippen LogP contribution in [0.25, 0.3) is 10.9 Å². The Labute approximate surface area is 138 Å². The van der Waals surface area contributed by atoms with Gasteiger partial charge in [0.1, 0.15) is 11.3 Å². The summed E-state index contributed by atoms with van der Waals surface area (Å²) in [6.07, 6.45) is 8.33. The maximum absolute atomic E-state index is 5.54. The van der Waals surface area contributed by atoms with Crippen molar-refractivity contribution in [2.45, 2.75) is 45.4 Å². The monoisotopic (exact) mass is 310 g/mol. The molecule has 1 aliphatic carbocycles. The first-order chi connectivity index (χ1) is 11.2. The molecule has 0 N–H and O–H groups in total. The lowest BCUT2D eigenvalue weighted by molar-refractivity contribution is 0.132. The number of rotatable bonds is 2. The number of hydrogen-bond donors (Lipinski definition) is 0. The third-order valence-electron chi connectivity index (χ3n) is 5.79. The third-order valence-corrected chi connectivity index (χ3v) is 5.79. The summed E-state index contributed by atoms with van der Waals surface area (Å²) in [4.78, 5) is 7.37. The topological polar surface area (TPSA) is 25.4 Å². The number of aromatic nitrogens is 1. The van der Waals surface area contributed by atoms with Crippen LogP contribution in [0.3, 0.4) is 0 Å². The highest BCUT2D eigenvalue weighted by atomic mass is 16.5. The van der Waals surface area contributed by atoms with E-state index in [4.69, 9.17) is 9.72 Å². The smallest absolute Gasteiger partial charge is 0.145 e. The summed E-state index contributed by atoms with van der Waals surface area (Å²) in [6.45, 7) is 4.46. The van der Waals surface area contributed by atoms with Gasteiger partial charge in [-0.05, 0) is 50.2 Å². The minimum Gasteiger partial charge on any atom is -0.494 e. The van der Waals surface area contributed by atoms with E-state index in [1.807, 2.05) is 6.07 Å². The van der Waals surface area contributed by atoms with Crippen LogP contribution in [0.2, 0.25) is 0 Å². The van der Waals surface area contributed by atoms with E-state index >= 15 is 0 Å². The summed E-state index contributed by atoms with van der Waals surface area (Å²) in [5, 5.41) is 1.23. The average molecular weight is 310 g/mol. The van der Waals surface area contributed by atoms with Crippen LogP contribution in [0.4, 0.5) is 5.69 Å². The summed E-state index contributed by atoms with van der Waals surface area (Å²) < 4.78 is 5.54. The minimum atomic E-state index is 0.582. The van der Waals surface area contributed by atoms with E-state index in [1.54, 1.807) is 7.11 Å². The maximum Gasteiger partial charge on any atom is 0.145 e. The van der Waals surface area contributed by atoms with E-state index in [-0.39, 0.29) is 0 Å². The van der Waals surface area contributed by atoms with Gasteiger partial charge in [-0.25, -0.2) is 4.98 Å². The van der Waals surface area contributed by atoms with Crippen molar-refractivity contribution in [2.24, 2.45) is 5.41 Å². The average Bonchev–Trinajstić information content (AvgIpc) is 2.76. The molecular weight excluding hydrogens is 284 g/mol. The first kappa shape index (κ1) is 14.8. The molecule has 1 aliphatic heterocycles. The highest BCUT2D eigenvalue weighted by Crippen LogP contribution is 2.48. The van der Waals surface area contributed by atoms with Crippen molar-refractivity contribution in [2.75, 3.05) is 25.1 Å². The van der Waals surface area contributed by atoms with Gasteiger partial charge in [-0.1, -0.05) is 25.0 Å². The molecular formula is C20H26N2O. The molecule has 0 amide bonds. The molecule has 0 unspecified atom stereocenters. The minimum absolute atomic E-state index is 0.582. The van der Waals surface area contributed by atoms with Gasteiger partial charge in [0.05, 0.1) is 7.11 Å². The molecule has 0 bridgehead atoms. The van der Waals surface area contributed by atoms with Gasteiger partial charge in [0.2, 0.25) is 0 Å². The lowest BCUT2D eigenvalue weighted by Crippen LogP contribution is -2.41. The number of fused-ring (bicyclic) bond motifs is 1. The van der Waals surface area contributed by atoms with Crippen molar-refractivity contribution in [1.29, 1.82) is 0 Å². The molecule has 1 aromatic carbocycles. The van der Waals surface area contributed by atoms with E-state index < -0.39 is 0 Å². The number of para-hydroxylation sites is 1. The summed E-state index contributed by atoms with van der Waals surface area (Å²) in [6, 6.07) is 8.55. The van der Waals surface area contributed by atoms with Gasteiger partial charge in [0, 0.05) is 29.9 Å². The van der Waals surface area contributed by atoms with E-state index in [0.29, 0.717) is 5.41 Å². The van der Waals surface area contributed by atoms with Crippen molar-refractivity contribution >= 4 is 16.6 Å². The van der Waals surface area contributed by atoms with Gasteiger partial charge >= 0.3 is 0 Å². The highest BCUT2D eigenvalue weighted by molar-refractivity contribution is 5.95. The maximum atomic E-state index is 5.54. The number of aryl methyl sites for hydroxylation is 1. The van der Waals surface area contributed by atoms with Gasteiger partial charge in [0.25, 0.3) is 0 Å². The van der Waals surface area contributed by atoms with Crippen LogP contribution in [-0.4, -0.2) is 25.2 Å². The SMILES string of the molecule is COc1cccc2c(N3CCCCC4(CCC4)C3)cc(C)nc12. The molecule has 2 heterocycles. The molecule has 0 radical (unpaired) electrons. The zero-order chi connectivity index (χ0) is 15.9. The van der Waals surface area contributed by atoms with Crippen LogP contribution in [0, 0.1) is 12.3 Å². The molecule has 2 aromatic rings. The van der Waals surface area contributed by atoms with Crippen LogP contribution in [0.1, 0.15) is 44.2 Å².